The predicted octanol–water partition coefficient (Wildman–Crippen LogP) is 5.01. The second-order valence-corrected chi connectivity index (χ2v) is 9.55. The highest BCUT2D eigenvalue weighted by atomic mass is 32.1. The number of aromatic nitrogens is 2. The molecule has 0 bridgehead atoms. The van der Waals surface area contributed by atoms with Gasteiger partial charge in [-0.3, -0.25) is 9.59 Å². The average molecular weight is 495 g/mol. The first kappa shape index (κ1) is 23.4. The molecule has 11 heteroatoms. The highest BCUT2D eigenvalue weighted by molar-refractivity contribution is 7.14. The van der Waals surface area contributed by atoms with Crippen LogP contribution in [0.1, 0.15) is 29.8 Å². The van der Waals surface area contributed by atoms with Crippen LogP contribution in [0, 0.1) is 12.8 Å². The zero-order chi connectivity index (χ0) is 23.6. The molecule has 1 aliphatic rings. The minimum Gasteiger partial charge on any atom is -0.342 e. The molecule has 6 nitrogen and oxygen atoms in total. The molecule has 0 saturated carbocycles. The van der Waals surface area contributed by atoms with Crippen molar-refractivity contribution in [1.29, 1.82) is 0 Å². The van der Waals surface area contributed by atoms with Crippen molar-refractivity contribution in [3.05, 3.63) is 52.0 Å². The highest BCUT2D eigenvalue weighted by Crippen LogP contribution is 2.32. The zero-order valence-corrected chi connectivity index (χ0v) is 19.3. The van der Waals surface area contributed by atoms with E-state index in [-0.39, 0.29) is 24.2 Å². The Bertz CT molecular complexity index is 1130. The normalized spacial score (nSPS) is 15.0. The monoisotopic (exact) mass is 494 g/mol. The molecule has 1 aromatic carbocycles. The second kappa shape index (κ2) is 9.60. The molecule has 1 N–H and O–H groups in total. The minimum atomic E-state index is -4.38. The third-order valence-corrected chi connectivity index (χ3v) is 7.23. The van der Waals surface area contributed by atoms with Crippen molar-refractivity contribution < 1.29 is 22.8 Å². The van der Waals surface area contributed by atoms with Crippen molar-refractivity contribution in [2.75, 3.05) is 18.4 Å². The number of likely N-dealkylation sites (tertiary alicyclic amines) is 1. The van der Waals surface area contributed by atoms with Crippen LogP contribution in [0.4, 0.5) is 18.3 Å². The summed E-state index contributed by atoms with van der Waals surface area (Å²) in [6.07, 6.45) is -3.11. The third kappa shape index (κ3) is 5.77. The van der Waals surface area contributed by atoms with Gasteiger partial charge in [0.2, 0.25) is 11.8 Å². The highest BCUT2D eigenvalue weighted by Gasteiger charge is 2.30. The SMILES string of the molecule is Cc1csc(NC(=O)C2CCN(C(=O)Cc3csc(-c4ccc(C(F)(F)F)cc4)n3)CC2)n1. The van der Waals surface area contributed by atoms with Crippen molar-refractivity contribution in [3.63, 3.8) is 0 Å². The number of rotatable bonds is 5. The molecule has 174 valence electrons. The molecule has 0 radical (unpaired) electrons. The first-order valence-electron chi connectivity index (χ1n) is 10.3. The van der Waals surface area contributed by atoms with E-state index in [4.69, 9.17) is 0 Å². The lowest BCUT2D eigenvalue weighted by Crippen LogP contribution is -2.42. The largest absolute Gasteiger partial charge is 0.416 e. The van der Waals surface area contributed by atoms with Crippen LogP contribution in [0.3, 0.4) is 0 Å². The van der Waals surface area contributed by atoms with E-state index in [1.807, 2.05) is 12.3 Å². The van der Waals surface area contributed by atoms with Gasteiger partial charge in [0.05, 0.1) is 23.4 Å². The van der Waals surface area contributed by atoms with Crippen LogP contribution < -0.4 is 5.32 Å². The Morgan fingerprint density at radius 3 is 2.39 bits per heavy atom. The van der Waals surface area contributed by atoms with E-state index in [2.05, 4.69) is 15.3 Å². The molecule has 3 aromatic rings. The zero-order valence-electron chi connectivity index (χ0n) is 17.7. The van der Waals surface area contributed by atoms with E-state index in [1.54, 1.807) is 10.3 Å². The van der Waals surface area contributed by atoms with Crippen molar-refractivity contribution >= 4 is 39.6 Å². The van der Waals surface area contributed by atoms with Crippen LogP contribution >= 0.6 is 22.7 Å². The Labute approximate surface area is 196 Å². The van der Waals surface area contributed by atoms with Gasteiger partial charge < -0.3 is 10.2 Å². The Balaban J connectivity index is 1.29. The number of anilines is 1. The second-order valence-electron chi connectivity index (χ2n) is 7.83. The maximum Gasteiger partial charge on any atom is 0.416 e. The fraction of sp³-hybridized carbons (Fsp3) is 0.364. The molecule has 0 atom stereocenters. The predicted molar refractivity (Wildman–Crippen MR) is 121 cm³/mol. The van der Waals surface area contributed by atoms with Gasteiger partial charge in [-0.15, -0.1) is 22.7 Å². The van der Waals surface area contributed by atoms with Crippen molar-refractivity contribution in [2.45, 2.75) is 32.4 Å². The smallest absolute Gasteiger partial charge is 0.342 e. The summed E-state index contributed by atoms with van der Waals surface area (Å²) in [5, 5.41) is 7.62. The number of thiazole rings is 2. The number of halogens is 3. The van der Waals surface area contributed by atoms with Gasteiger partial charge in [-0.2, -0.15) is 13.2 Å². The summed E-state index contributed by atoms with van der Waals surface area (Å²) in [6.45, 7) is 2.85. The molecule has 0 unspecified atom stereocenters. The number of hydrogen-bond acceptors (Lipinski definition) is 6. The molecule has 1 fully saturated rings. The van der Waals surface area contributed by atoms with Crippen LogP contribution in [-0.2, 0) is 22.2 Å². The van der Waals surface area contributed by atoms with Gasteiger partial charge in [0.25, 0.3) is 0 Å². The number of alkyl halides is 3. The number of carbonyl (C=O) groups is 2. The Morgan fingerprint density at radius 2 is 1.79 bits per heavy atom. The lowest BCUT2D eigenvalue weighted by Gasteiger charge is -2.31. The molecule has 1 aliphatic heterocycles. The van der Waals surface area contributed by atoms with E-state index in [1.165, 1.54) is 34.8 Å². The van der Waals surface area contributed by atoms with Crippen molar-refractivity contribution in [3.8, 4) is 10.6 Å². The number of carbonyl (C=O) groups excluding carboxylic acids is 2. The van der Waals surface area contributed by atoms with Gasteiger partial charge in [-0.1, -0.05) is 12.1 Å². The number of piperidine rings is 1. The van der Waals surface area contributed by atoms with Crippen LogP contribution in [0.2, 0.25) is 0 Å². The van der Waals surface area contributed by atoms with Gasteiger partial charge in [0, 0.05) is 35.3 Å². The Morgan fingerprint density at radius 1 is 1.09 bits per heavy atom. The molecule has 0 aliphatic carbocycles. The summed E-state index contributed by atoms with van der Waals surface area (Å²) in [5.41, 5.74) is 1.31. The van der Waals surface area contributed by atoms with Crippen LogP contribution in [0.5, 0.6) is 0 Å². The maximum absolute atomic E-state index is 12.7. The van der Waals surface area contributed by atoms with Crippen LogP contribution in [0.25, 0.3) is 10.6 Å². The molecular formula is C22H21F3N4O2S2. The van der Waals surface area contributed by atoms with E-state index in [9.17, 15) is 22.8 Å². The molecule has 4 rings (SSSR count). The lowest BCUT2D eigenvalue weighted by molar-refractivity contribution is -0.137. The number of nitrogens with one attached hydrogen (secondary N) is 1. The van der Waals surface area contributed by atoms with Gasteiger partial charge in [-0.05, 0) is 31.9 Å². The first-order valence-corrected chi connectivity index (χ1v) is 12.1. The fourth-order valence-corrected chi connectivity index (χ4v) is 5.12. The first-order chi connectivity index (χ1) is 15.7. The molecular weight excluding hydrogens is 473 g/mol. The molecule has 1 saturated heterocycles. The summed E-state index contributed by atoms with van der Waals surface area (Å²) in [5.74, 6) is -0.311. The lowest BCUT2D eigenvalue weighted by atomic mass is 9.95. The van der Waals surface area contributed by atoms with E-state index < -0.39 is 11.7 Å². The number of nitrogens with zero attached hydrogens (tertiary/aromatic N) is 3. The summed E-state index contributed by atoms with van der Waals surface area (Å²) >= 11 is 2.68. The molecule has 0 spiro atoms. The molecule has 2 amide bonds. The number of hydrogen-bond donors (Lipinski definition) is 1. The van der Waals surface area contributed by atoms with Crippen LogP contribution in [0.15, 0.2) is 35.0 Å². The van der Waals surface area contributed by atoms with E-state index >= 15 is 0 Å². The summed E-state index contributed by atoms with van der Waals surface area (Å²) in [4.78, 5) is 35.5. The van der Waals surface area contributed by atoms with Crippen LogP contribution in [-0.4, -0.2) is 39.8 Å². The fourth-order valence-electron chi connectivity index (χ4n) is 3.60. The average Bonchev–Trinajstić information content (AvgIpc) is 3.42. The summed E-state index contributed by atoms with van der Waals surface area (Å²) < 4.78 is 38.2. The van der Waals surface area contributed by atoms with E-state index in [0.29, 0.717) is 47.3 Å². The number of amides is 2. The molecule has 3 heterocycles. The van der Waals surface area contributed by atoms with Gasteiger partial charge >= 0.3 is 6.18 Å². The van der Waals surface area contributed by atoms with E-state index in [0.717, 1.165) is 17.8 Å². The molecule has 33 heavy (non-hydrogen) atoms. The summed E-state index contributed by atoms with van der Waals surface area (Å²) in [7, 11) is 0. The quantitative estimate of drug-likeness (QED) is 0.541. The minimum absolute atomic E-state index is 0.0721. The van der Waals surface area contributed by atoms with Gasteiger partial charge in [0.15, 0.2) is 5.13 Å². The van der Waals surface area contributed by atoms with Crippen molar-refractivity contribution in [1.82, 2.24) is 14.9 Å². The number of benzene rings is 1. The summed E-state index contributed by atoms with van der Waals surface area (Å²) in [6, 6.07) is 4.82. The Hall–Kier alpha value is -2.79. The topological polar surface area (TPSA) is 75.2 Å². The Kier molecular flexibility index (Phi) is 6.80. The van der Waals surface area contributed by atoms with Gasteiger partial charge in [0.1, 0.15) is 5.01 Å². The maximum atomic E-state index is 12.7. The standard InChI is InChI=1S/C22H21F3N4O2S2/c1-13-11-33-21(26-13)28-19(31)14-6-8-29(9-7-14)18(30)10-17-12-32-20(27-17)15-2-4-16(5-3-15)22(23,24)25/h2-5,11-12,14H,6-10H2,1H3,(H,26,28,31). The third-order valence-electron chi connectivity index (χ3n) is 5.41. The van der Waals surface area contributed by atoms with Gasteiger partial charge in [-0.25, -0.2) is 9.97 Å². The molecule has 2 aromatic heterocycles. The van der Waals surface area contributed by atoms with Crippen molar-refractivity contribution in [2.24, 2.45) is 5.92 Å². The number of aryl methyl sites for hydroxylation is 1.